The van der Waals surface area contributed by atoms with E-state index in [0.29, 0.717) is 0 Å². The summed E-state index contributed by atoms with van der Waals surface area (Å²) in [5.74, 6) is 0. The Morgan fingerprint density at radius 2 is 2.05 bits per heavy atom. The van der Waals surface area contributed by atoms with E-state index in [1.54, 1.807) is 6.20 Å². The smallest absolute Gasteiger partial charge is 0.0973 e. The summed E-state index contributed by atoms with van der Waals surface area (Å²) in [5.41, 5.74) is 1.90. The molecular weight excluding hydrogens is 250 g/mol. The van der Waals surface area contributed by atoms with Gasteiger partial charge in [0.25, 0.3) is 0 Å². The van der Waals surface area contributed by atoms with Crippen molar-refractivity contribution in [1.29, 1.82) is 0 Å². The van der Waals surface area contributed by atoms with E-state index in [0.717, 1.165) is 24.2 Å². The van der Waals surface area contributed by atoms with Crippen LogP contribution in [0.1, 0.15) is 37.4 Å². The molecule has 0 spiro atoms. The highest BCUT2D eigenvalue weighted by Gasteiger charge is 2.22. The second-order valence-corrected chi connectivity index (χ2v) is 5.41. The molecule has 2 aromatic rings. The van der Waals surface area contributed by atoms with Crippen molar-refractivity contribution in [3.05, 3.63) is 48.3 Å². The van der Waals surface area contributed by atoms with Crippen molar-refractivity contribution in [2.24, 2.45) is 0 Å². The highest BCUT2D eigenvalue weighted by Crippen LogP contribution is 2.23. The van der Waals surface area contributed by atoms with E-state index in [2.05, 4.69) is 10.4 Å². The van der Waals surface area contributed by atoms with Gasteiger partial charge in [0.15, 0.2) is 0 Å². The predicted molar refractivity (Wildman–Crippen MR) is 78.8 cm³/mol. The fraction of sp³-hybridized carbons (Fsp3) is 0.438. The SMILES string of the molecule is OC(c1cnn(-c2ccccc2)c1)C1CCCCCN1. The minimum atomic E-state index is -0.481. The molecule has 0 amide bonds. The first-order valence-corrected chi connectivity index (χ1v) is 7.36. The average Bonchev–Trinajstić information content (AvgIpc) is 2.83. The number of nitrogens with one attached hydrogen (secondary N) is 1. The third kappa shape index (κ3) is 2.92. The van der Waals surface area contributed by atoms with Crippen LogP contribution in [-0.4, -0.2) is 27.5 Å². The topological polar surface area (TPSA) is 50.1 Å². The van der Waals surface area contributed by atoms with Crippen LogP contribution < -0.4 is 5.32 Å². The number of para-hydroxylation sites is 1. The molecule has 0 aliphatic carbocycles. The van der Waals surface area contributed by atoms with Gasteiger partial charge in [-0.25, -0.2) is 4.68 Å². The van der Waals surface area contributed by atoms with Crippen molar-refractivity contribution in [3.63, 3.8) is 0 Å². The van der Waals surface area contributed by atoms with Crippen molar-refractivity contribution in [2.75, 3.05) is 6.54 Å². The first kappa shape index (κ1) is 13.3. The minimum absolute atomic E-state index is 0.144. The van der Waals surface area contributed by atoms with E-state index in [1.807, 2.05) is 41.2 Å². The van der Waals surface area contributed by atoms with Crippen molar-refractivity contribution in [2.45, 2.75) is 37.8 Å². The Labute approximate surface area is 119 Å². The molecule has 2 N–H and O–H groups in total. The van der Waals surface area contributed by atoms with E-state index in [9.17, 15) is 5.11 Å². The maximum Gasteiger partial charge on any atom is 0.0973 e. The standard InChI is InChI=1S/C16H21N3O/c20-16(15-9-5-2-6-10-17-15)13-11-18-19(12-13)14-7-3-1-4-8-14/h1,3-4,7-8,11-12,15-17,20H,2,5-6,9-10H2. The van der Waals surface area contributed by atoms with Crippen LogP contribution in [0.4, 0.5) is 0 Å². The largest absolute Gasteiger partial charge is 0.387 e. The van der Waals surface area contributed by atoms with Gasteiger partial charge in [-0.1, -0.05) is 31.0 Å². The van der Waals surface area contributed by atoms with Crippen LogP contribution >= 0.6 is 0 Å². The molecule has 4 heteroatoms. The van der Waals surface area contributed by atoms with Gasteiger partial charge in [0.1, 0.15) is 0 Å². The Balaban J connectivity index is 1.75. The monoisotopic (exact) mass is 271 g/mol. The van der Waals surface area contributed by atoms with Gasteiger partial charge in [-0.05, 0) is 31.5 Å². The Bertz CT molecular complexity index is 530. The Morgan fingerprint density at radius 1 is 1.20 bits per heavy atom. The number of benzene rings is 1. The average molecular weight is 271 g/mol. The summed E-state index contributed by atoms with van der Waals surface area (Å²) in [6, 6.07) is 10.1. The van der Waals surface area contributed by atoms with Crippen molar-refractivity contribution >= 4 is 0 Å². The lowest BCUT2D eigenvalue weighted by atomic mass is 10.0. The summed E-state index contributed by atoms with van der Waals surface area (Å²) in [4.78, 5) is 0. The number of aromatic nitrogens is 2. The van der Waals surface area contributed by atoms with Crippen molar-refractivity contribution in [3.8, 4) is 5.69 Å². The van der Waals surface area contributed by atoms with Gasteiger partial charge < -0.3 is 10.4 Å². The lowest BCUT2D eigenvalue weighted by Crippen LogP contribution is -2.34. The number of nitrogens with zero attached hydrogens (tertiary/aromatic N) is 2. The molecule has 0 saturated carbocycles. The third-order valence-corrected chi connectivity index (χ3v) is 3.94. The molecule has 1 aromatic heterocycles. The van der Waals surface area contributed by atoms with Gasteiger partial charge in [0.2, 0.25) is 0 Å². The molecule has 20 heavy (non-hydrogen) atoms. The highest BCUT2D eigenvalue weighted by atomic mass is 16.3. The molecule has 2 atom stereocenters. The first-order chi connectivity index (χ1) is 9.84. The quantitative estimate of drug-likeness (QED) is 0.901. The predicted octanol–water partition coefficient (Wildman–Crippen LogP) is 2.44. The maximum atomic E-state index is 10.5. The van der Waals surface area contributed by atoms with Crippen molar-refractivity contribution < 1.29 is 5.11 Å². The minimum Gasteiger partial charge on any atom is -0.387 e. The number of rotatable bonds is 3. The van der Waals surface area contributed by atoms with Gasteiger partial charge in [-0.3, -0.25) is 0 Å². The zero-order chi connectivity index (χ0) is 13.8. The van der Waals surface area contributed by atoms with Crippen LogP contribution in [-0.2, 0) is 0 Å². The normalized spacial score (nSPS) is 21.4. The van der Waals surface area contributed by atoms with Gasteiger partial charge in [-0.15, -0.1) is 0 Å². The zero-order valence-corrected chi connectivity index (χ0v) is 11.6. The van der Waals surface area contributed by atoms with Gasteiger partial charge in [-0.2, -0.15) is 5.10 Å². The molecule has 1 aliphatic rings. The number of hydrogen-bond donors (Lipinski definition) is 2. The van der Waals surface area contributed by atoms with Crippen LogP contribution in [0.25, 0.3) is 5.69 Å². The number of aliphatic hydroxyl groups excluding tert-OH is 1. The Hall–Kier alpha value is -1.65. The zero-order valence-electron chi connectivity index (χ0n) is 11.6. The molecule has 2 heterocycles. The van der Waals surface area contributed by atoms with Crippen LogP contribution in [0, 0.1) is 0 Å². The van der Waals surface area contributed by atoms with Gasteiger partial charge >= 0.3 is 0 Å². The molecule has 0 radical (unpaired) electrons. The maximum absolute atomic E-state index is 10.5. The molecule has 106 valence electrons. The van der Waals surface area contributed by atoms with Gasteiger partial charge in [0, 0.05) is 17.8 Å². The van der Waals surface area contributed by atoms with Crippen LogP contribution in [0.2, 0.25) is 0 Å². The Morgan fingerprint density at radius 3 is 2.90 bits per heavy atom. The number of aliphatic hydroxyl groups is 1. The molecule has 1 aliphatic heterocycles. The Kier molecular flexibility index (Phi) is 4.14. The molecule has 0 bridgehead atoms. The van der Waals surface area contributed by atoms with Gasteiger partial charge in [0.05, 0.1) is 18.0 Å². The second-order valence-electron chi connectivity index (χ2n) is 5.41. The second kappa shape index (κ2) is 6.20. The molecule has 4 nitrogen and oxygen atoms in total. The van der Waals surface area contributed by atoms with E-state index in [1.165, 1.54) is 19.3 Å². The molecule has 1 fully saturated rings. The van der Waals surface area contributed by atoms with E-state index < -0.39 is 6.10 Å². The fourth-order valence-corrected chi connectivity index (χ4v) is 2.77. The van der Waals surface area contributed by atoms with E-state index >= 15 is 0 Å². The lowest BCUT2D eigenvalue weighted by molar-refractivity contribution is 0.126. The van der Waals surface area contributed by atoms with Crippen LogP contribution in [0.15, 0.2) is 42.7 Å². The lowest BCUT2D eigenvalue weighted by Gasteiger charge is -2.21. The fourth-order valence-electron chi connectivity index (χ4n) is 2.77. The summed E-state index contributed by atoms with van der Waals surface area (Å²) in [6.07, 6.45) is 7.87. The summed E-state index contributed by atoms with van der Waals surface area (Å²) < 4.78 is 1.81. The first-order valence-electron chi connectivity index (χ1n) is 7.36. The van der Waals surface area contributed by atoms with Crippen LogP contribution in [0.3, 0.4) is 0 Å². The highest BCUT2D eigenvalue weighted by molar-refractivity contribution is 5.31. The third-order valence-electron chi connectivity index (χ3n) is 3.94. The summed E-state index contributed by atoms with van der Waals surface area (Å²) in [6.45, 7) is 0.995. The molecule has 2 unspecified atom stereocenters. The summed E-state index contributed by atoms with van der Waals surface area (Å²) in [7, 11) is 0. The van der Waals surface area contributed by atoms with Crippen molar-refractivity contribution in [1.82, 2.24) is 15.1 Å². The summed E-state index contributed by atoms with van der Waals surface area (Å²) in [5, 5.41) is 18.3. The number of hydrogen-bond acceptors (Lipinski definition) is 3. The molecule has 1 saturated heterocycles. The van der Waals surface area contributed by atoms with E-state index in [4.69, 9.17) is 0 Å². The summed E-state index contributed by atoms with van der Waals surface area (Å²) >= 11 is 0. The molecular formula is C16H21N3O. The molecule has 1 aromatic carbocycles. The van der Waals surface area contributed by atoms with Crippen LogP contribution in [0.5, 0.6) is 0 Å². The molecule has 3 rings (SSSR count). The van der Waals surface area contributed by atoms with E-state index in [-0.39, 0.29) is 6.04 Å².